The standard InChI is InChI=1S/C61H52N2/c1-45(2)46-27-33-52(34-28-46)61(54-35-29-48(30-36-54)47-19-16-26-59(44-41-47)63(57-22-12-6-13-23-57)58-24-14-7-15-25-58)60(51-17-8-4-9-18-51)53-37-31-49(32-38-53)50-39-42-56(43-40-50)62(3)55-20-10-5-11-21-55/h4-15,17-24,26-45,58H,25H2,1-3H3/b61-60-. The number of allylic oxidation sites excluding steroid dienone is 6. The summed E-state index contributed by atoms with van der Waals surface area (Å²) in [6.07, 6.45) is 18.4. The van der Waals surface area contributed by atoms with Crippen molar-refractivity contribution in [3.8, 4) is 11.1 Å². The smallest absolute Gasteiger partial charge is 0.0560 e. The van der Waals surface area contributed by atoms with Crippen molar-refractivity contribution in [3.05, 3.63) is 281 Å². The molecule has 2 aliphatic rings. The second-order valence-electron chi connectivity index (χ2n) is 16.5. The fourth-order valence-corrected chi connectivity index (χ4v) is 8.58. The molecule has 306 valence electrons. The fraction of sp³-hybridized carbons (Fsp3) is 0.0984. The van der Waals surface area contributed by atoms with Gasteiger partial charge in [-0.3, -0.25) is 0 Å². The van der Waals surface area contributed by atoms with Gasteiger partial charge in [-0.2, -0.15) is 0 Å². The number of nitrogens with zero attached hydrogens (tertiary/aromatic N) is 2. The first-order valence-electron chi connectivity index (χ1n) is 22.0. The summed E-state index contributed by atoms with van der Waals surface area (Å²) in [6.45, 7) is 4.51. The number of benzene rings is 7. The van der Waals surface area contributed by atoms with Crippen LogP contribution in [0.5, 0.6) is 0 Å². The molecule has 0 heterocycles. The van der Waals surface area contributed by atoms with Crippen LogP contribution >= 0.6 is 0 Å². The van der Waals surface area contributed by atoms with Crippen LogP contribution in [0.1, 0.15) is 59.6 Å². The average molecular weight is 813 g/mol. The third kappa shape index (κ3) is 9.19. The normalized spacial score (nSPS) is 14.8. The Morgan fingerprint density at radius 2 is 0.984 bits per heavy atom. The highest BCUT2D eigenvalue weighted by atomic mass is 15.2. The molecule has 1 unspecified atom stereocenters. The first-order valence-corrected chi connectivity index (χ1v) is 22.0. The van der Waals surface area contributed by atoms with E-state index in [2.05, 4.69) is 273 Å². The summed E-state index contributed by atoms with van der Waals surface area (Å²) in [5.74, 6) is 0.444. The van der Waals surface area contributed by atoms with Gasteiger partial charge in [0, 0.05) is 35.9 Å². The minimum Gasteiger partial charge on any atom is -0.345 e. The van der Waals surface area contributed by atoms with Gasteiger partial charge in [0.2, 0.25) is 0 Å². The van der Waals surface area contributed by atoms with E-state index in [0.29, 0.717) is 5.92 Å². The van der Waals surface area contributed by atoms with Gasteiger partial charge in [-0.25, -0.2) is 0 Å². The molecule has 0 aliphatic heterocycles. The maximum absolute atomic E-state index is 3.52. The van der Waals surface area contributed by atoms with E-state index in [-0.39, 0.29) is 6.04 Å². The number of hydrogen-bond acceptors (Lipinski definition) is 2. The largest absolute Gasteiger partial charge is 0.345 e. The van der Waals surface area contributed by atoms with E-state index >= 15 is 0 Å². The van der Waals surface area contributed by atoms with Crippen molar-refractivity contribution in [1.82, 2.24) is 0 Å². The summed E-state index contributed by atoms with van der Waals surface area (Å²) in [5, 5.41) is 0. The molecular formula is C61H52N2. The van der Waals surface area contributed by atoms with Crippen LogP contribution in [0.4, 0.5) is 17.1 Å². The van der Waals surface area contributed by atoms with Crippen molar-refractivity contribution in [2.24, 2.45) is 0 Å². The van der Waals surface area contributed by atoms with Crippen LogP contribution in [0.25, 0.3) is 27.8 Å². The summed E-state index contributed by atoms with van der Waals surface area (Å²) in [7, 11) is 2.11. The lowest BCUT2D eigenvalue weighted by Crippen LogP contribution is -2.32. The van der Waals surface area contributed by atoms with Crippen LogP contribution in [0, 0.1) is 0 Å². The summed E-state index contributed by atoms with van der Waals surface area (Å²) >= 11 is 0. The van der Waals surface area contributed by atoms with Gasteiger partial charge < -0.3 is 9.80 Å². The summed E-state index contributed by atoms with van der Waals surface area (Å²) < 4.78 is 0. The van der Waals surface area contributed by atoms with Crippen molar-refractivity contribution in [2.45, 2.75) is 32.2 Å². The maximum atomic E-state index is 3.52. The van der Waals surface area contributed by atoms with Gasteiger partial charge in [0.25, 0.3) is 0 Å². The van der Waals surface area contributed by atoms with E-state index in [0.717, 1.165) is 40.2 Å². The van der Waals surface area contributed by atoms with Crippen LogP contribution in [-0.4, -0.2) is 13.1 Å². The van der Waals surface area contributed by atoms with Crippen molar-refractivity contribution in [3.63, 3.8) is 0 Å². The monoisotopic (exact) mass is 812 g/mol. The second-order valence-corrected chi connectivity index (χ2v) is 16.5. The minimum absolute atomic E-state index is 0.227. The third-order valence-electron chi connectivity index (χ3n) is 12.1. The molecule has 7 aromatic rings. The Kier molecular flexibility index (Phi) is 12.3. The Bertz CT molecular complexity index is 2870. The van der Waals surface area contributed by atoms with E-state index in [9.17, 15) is 0 Å². The Balaban J connectivity index is 1.09. The minimum atomic E-state index is 0.227. The highest BCUT2D eigenvalue weighted by Crippen LogP contribution is 2.39. The Morgan fingerprint density at radius 1 is 0.492 bits per heavy atom. The number of hydrogen-bond donors (Lipinski definition) is 0. The van der Waals surface area contributed by atoms with Crippen LogP contribution in [0.3, 0.4) is 0 Å². The molecule has 0 saturated carbocycles. The van der Waals surface area contributed by atoms with Gasteiger partial charge in [-0.05, 0) is 122 Å². The molecule has 0 saturated heterocycles. The van der Waals surface area contributed by atoms with Crippen LogP contribution in [-0.2, 0) is 0 Å². The maximum Gasteiger partial charge on any atom is 0.0560 e. The summed E-state index contributed by atoms with van der Waals surface area (Å²) in [6, 6.07) is 68.4. The number of rotatable bonds is 12. The van der Waals surface area contributed by atoms with E-state index in [1.165, 1.54) is 50.2 Å². The summed E-state index contributed by atoms with van der Waals surface area (Å²) in [5.41, 5.74) is 21.2. The van der Waals surface area contributed by atoms with Crippen molar-refractivity contribution < 1.29 is 0 Å². The molecule has 0 aromatic heterocycles. The van der Waals surface area contributed by atoms with E-state index in [1.807, 2.05) is 0 Å². The lowest BCUT2D eigenvalue weighted by atomic mass is 9.84. The molecule has 9 rings (SSSR count). The van der Waals surface area contributed by atoms with Crippen molar-refractivity contribution >= 4 is 33.8 Å². The molecule has 0 spiro atoms. The lowest BCUT2D eigenvalue weighted by Gasteiger charge is -2.33. The van der Waals surface area contributed by atoms with Gasteiger partial charge >= 0.3 is 0 Å². The van der Waals surface area contributed by atoms with E-state index in [1.54, 1.807) is 0 Å². The first kappa shape index (κ1) is 40.7. The van der Waals surface area contributed by atoms with Crippen molar-refractivity contribution in [1.29, 1.82) is 0 Å². The molecule has 0 radical (unpaired) electrons. The van der Waals surface area contributed by atoms with Gasteiger partial charge in [-0.15, -0.1) is 5.73 Å². The topological polar surface area (TPSA) is 6.48 Å². The highest BCUT2D eigenvalue weighted by molar-refractivity contribution is 6.05. The molecular weight excluding hydrogens is 761 g/mol. The molecule has 7 aromatic carbocycles. The molecule has 63 heavy (non-hydrogen) atoms. The molecule has 0 bridgehead atoms. The predicted octanol–water partition coefficient (Wildman–Crippen LogP) is 15.6. The zero-order chi connectivity index (χ0) is 43.0. The van der Waals surface area contributed by atoms with Crippen molar-refractivity contribution in [2.75, 3.05) is 16.8 Å². The molecule has 2 aliphatic carbocycles. The van der Waals surface area contributed by atoms with Crippen LogP contribution < -0.4 is 9.80 Å². The van der Waals surface area contributed by atoms with Gasteiger partial charge in [0.05, 0.1) is 6.04 Å². The second kappa shape index (κ2) is 19.0. The lowest BCUT2D eigenvalue weighted by molar-refractivity contribution is 0.763. The first-order chi connectivity index (χ1) is 31.0. The molecule has 0 amide bonds. The molecule has 0 N–H and O–H groups in total. The Hall–Kier alpha value is -7.64. The zero-order valence-electron chi connectivity index (χ0n) is 36.3. The van der Waals surface area contributed by atoms with Crippen LogP contribution in [0.15, 0.2) is 248 Å². The number of anilines is 3. The summed E-state index contributed by atoms with van der Waals surface area (Å²) in [4.78, 5) is 4.62. The molecule has 1 atom stereocenters. The van der Waals surface area contributed by atoms with Gasteiger partial charge in [0.1, 0.15) is 0 Å². The van der Waals surface area contributed by atoms with Crippen LogP contribution in [0.2, 0.25) is 0 Å². The fourth-order valence-electron chi connectivity index (χ4n) is 8.58. The van der Waals surface area contributed by atoms with Gasteiger partial charge in [0.15, 0.2) is 0 Å². The highest BCUT2D eigenvalue weighted by Gasteiger charge is 2.21. The van der Waals surface area contributed by atoms with E-state index in [4.69, 9.17) is 0 Å². The Morgan fingerprint density at radius 3 is 1.54 bits per heavy atom. The molecule has 0 fully saturated rings. The molecule has 2 nitrogen and oxygen atoms in total. The zero-order valence-corrected chi connectivity index (χ0v) is 36.3. The Labute approximate surface area is 373 Å². The van der Waals surface area contributed by atoms with E-state index < -0.39 is 0 Å². The van der Waals surface area contributed by atoms with Gasteiger partial charge in [-0.1, -0.05) is 196 Å². The number of para-hydroxylation sites is 2. The SMILES string of the molecule is CC(C)c1ccc(/C(=C(\c2ccccc2)c2ccc(-c3ccc(N(C)c4ccccc4)cc3)cc2)c2ccc(C3=CC=C(N(c4ccccc4)C4C=CC=CC4)C=C=C3)cc2)cc1. The third-order valence-corrected chi connectivity index (χ3v) is 12.1. The predicted molar refractivity (Wildman–Crippen MR) is 269 cm³/mol. The quantitative estimate of drug-likeness (QED) is 0.0896. The molecule has 2 heteroatoms. The average Bonchev–Trinajstić information content (AvgIpc) is 3.61.